The second-order valence-corrected chi connectivity index (χ2v) is 8.70. The van der Waals surface area contributed by atoms with Crippen molar-refractivity contribution in [3.63, 3.8) is 0 Å². The number of nitrogens with zero attached hydrogens (tertiary/aromatic N) is 5. The van der Waals surface area contributed by atoms with E-state index in [0.29, 0.717) is 6.54 Å². The van der Waals surface area contributed by atoms with Gasteiger partial charge in [0.15, 0.2) is 5.96 Å². The molecule has 0 bridgehead atoms. The van der Waals surface area contributed by atoms with Crippen molar-refractivity contribution in [3.8, 4) is 0 Å². The Labute approximate surface area is 185 Å². The molecule has 9 heteroatoms. The summed E-state index contributed by atoms with van der Waals surface area (Å²) in [6, 6.07) is 10.6. The van der Waals surface area contributed by atoms with Gasteiger partial charge in [-0.1, -0.05) is 23.7 Å². The number of hydrogen-bond acceptors (Lipinski definition) is 5. The first-order valence-electron chi connectivity index (χ1n) is 9.96. The number of hydrogen-bond donors (Lipinski definition) is 2. The monoisotopic (exact) mass is 443 g/mol. The van der Waals surface area contributed by atoms with Crippen molar-refractivity contribution in [2.75, 3.05) is 20.1 Å². The Kier molecular flexibility index (Phi) is 6.66. The Balaban J connectivity index is 1.45. The molecular formula is C21H26ClN7S. The van der Waals surface area contributed by atoms with E-state index in [2.05, 4.69) is 54.2 Å². The molecule has 0 saturated heterocycles. The maximum Gasteiger partial charge on any atom is 0.191 e. The summed E-state index contributed by atoms with van der Waals surface area (Å²) < 4.78 is 1.75. The minimum absolute atomic E-state index is 0.212. The van der Waals surface area contributed by atoms with Gasteiger partial charge in [-0.2, -0.15) is 5.10 Å². The van der Waals surface area contributed by atoms with Crippen LogP contribution in [0.3, 0.4) is 0 Å². The number of rotatable bonds is 6. The van der Waals surface area contributed by atoms with E-state index in [1.54, 1.807) is 18.1 Å². The van der Waals surface area contributed by atoms with Gasteiger partial charge in [-0.3, -0.25) is 14.6 Å². The molecule has 0 saturated carbocycles. The maximum absolute atomic E-state index is 6.14. The standard InChI is InChI=1S/C21H26ClN7S/c1-23-21(25-12-20-26-14-27-28(20)2)24-11-18(15-3-5-17(22)6-4-15)29-9-7-19-16(13-29)8-10-30-19/h3-6,8,10,14,18H,7,9,11-13H2,1-2H3,(H2,23,24,25). The first-order chi connectivity index (χ1) is 14.6. The fourth-order valence-corrected chi connectivity index (χ4v) is 4.75. The maximum atomic E-state index is 6.14. The van der Waals surface area contributed by atoms with E-state index in [1.165, 1.54) is 16.0 Å². The highest BCUT2D eigenvalue weighted by atomic mass is 35.5. The van der Waals surface area contributed by atoms with Crippen LogP contribution in [0.15, 0.2) is 47.0 Å². The summed E-state index contributed by atoms with van der Waals surface area (Å²) >= 11 is 8.00. The van der Waals surface area contributed by atoms with Crippen LogP contribution in [0.5, 0.6) is 0 Å². The van der Waals surface area contributed by atoms with Crippen molar-refractivity contribution < 1.29 is 0 Å². The summed E-state index contributed by atoms with van der Waals surface area (Å²) in [6.07, 6.45) is 2.65. The van der Waals surface area contributed by atoms with Gasteiger partial charge >= 0.3 is 0 Å². The summed E-state index contributed by atoms with van der Waals surface area (Å²) in [6.45, 7) is 3.29. The molecule has 0 amide bonds. The number of halogens is 1. The Morgan fingerprint density at radius 1 is 1.27 bits per heavy atom. The molecule has 158 valence electrons. The molecule has 1 unspecified atom stereocenters. The summed E-state index contributed by atoms with van der Waals surface area (Å²) in [5.74, 6) is 1.60. The molecule has 1 aromatic carbocycles. The van der Waals surface area contributed by atoms with E-state index in [4.69, 9.17) is 11.6 Å². The predicted molar refractivity (Wildman–Crippen MR) is 122 cm³/mol. The van der Waals surface area contributed by atoms with Gasteiger partial charge in [-0.15, -0.1) is 11.3 Å². The summed E-state index contributed by atoms with van der Waals surface area (Å²) in [5.41, 5.74) is 2.68. The van der Waals surface area contributed by atoms with Gasteiger partial charge in [-0.25, -0.2) is 4.98 Å². The zero-order valence-electron chi connectivity index (χ0n) is 17.2. The van der Waals surface area contributed by atoms with E-state index < -0.39 is 0 Å². The molecule has 1 atom stereocenters. The van der Waals surface area contributed by atoms with Crippen LogP contribution in [0.2, 0.25) is 5.02 Å². The van der Waals surface area contributed by atoms with Crippen LogP contribution >= 0.6 is 22.9 Å². The van der Waals surface area contributed by atoms with Gasteiger partial charge in [0.1, 0.15) is 12.2 Å². The summed E-state index contributed by atoms with van der Waals surface area (Å²) in [7, 11) is 3.66. The molecule has 7 nitrogen and oxygen atoms in total. The molecule has 0 radical (unpaired) electrons. The third-order valence-corrected chi connectivity index (χ3v) is 6.71. The van der Waals surface area contributed by atoms with Gasteiger partial charge in [0, 0.05) is 43.6 Å². The van der Waals surface area contributed by atoms with Crippen molar-refractivity contribution in [1.82, 2.24) is 30.3 Å². The van der Waals surface area contributed by atoms with Crippen LogP contribution in [-0.4, -0.2) is 45.8 Å². The molecule has 0 aliphatic carbocycles. The largest absolute Gasteiger partial charge is 0.354 e. The van der Waals surface area contributed by atoms with Crippen LogP contribution in [0.25, 0.3) is 0 Å². The molecule has 0 fully saturated rings. The quantitative estimate of drug-likeness (QED) is 0.452. The van der Waals surface area contributed by atoms with Gasteiger partial charge in [0.05, 0.1) is 12.6 Å². The smallest absolute Gasteiger partial charge is 0.191 e. The van der Waals surface area contributed by atoms with Crippen molar-refractivity contribution in [2.45, 2.75) is 25.6 Å². The first-order valence-corrected chi connectivity index (χ1v) is 11.2. The zero-order valence-corrected chi connectivity index (χ0v) is 18.7. The molecule has 3 aromatic rings. The number of benzene rings is 1. The molecular weight excluding hydrogens is 418 g/mol. The molecule has 2 N–H and O–H groups in total. The summed E-state index contributed by atoms with van der Waals surface area (Å²) in [4.78, 5) is 12.7. The fraction of sp³-hybridized carbons (Fsp3) is 0.381. The average molecular weight is 444 g/mol. The normalized spacial score (nSPS) is 15.6. The molecule has 1 aliphatic rings. The third kappa shape index (κ3) is 4.83. The second-order valence-electron chi connectivity index (χ2n) is 7.26. The topological polar surface area (TPSA) is 70.4 Å². The highest BCUT2D eigenvalue weighted by Crippen LogP contribution is 2.30. The fourth-order valence-electron chi connectivity index (χ4n) is 3.74. The average Bonchev–Trinajstić information content (AvgIpc) is 3.40. The summed E-state index contributed by atoms with van der Waals surface area (Å²) in [5, 5.41) is 13.9. The molecule has 3 heterocycles. The number of aryl methyl sites for hydroxylation is 1. The number of guanidine groups is 1. The Morgan fingerprint density at radius 2 is 2.10 bits per heavy atom. The van der Waals surface area contributed by atoms with Crippen LogP contribution in [0.4, 0.5) is 0 Å². The second kappa shape index (κ2) is 9.59. The third-order valence-electron chi connectivity index (χ3n) is 5.44. The highest BCUT2D eigenvalue weighted by Gasteiger charge is 2.25. The number of fused-ring (bicyclic) bond motifs is 1. The van der Waals surface area contributed by atoms with E-state index >= 15 is 0 Å². The van der Waals surface area contributed by atoms with Gasteiger partial charge in [0.25, 0.3) is 0 Å². The Bertz CT molecular complexity index is 995. The minimum Gasteiger partial charge on any atom is -0.354 e. The van der Waals surface area contributed by atoms with Crippen molar-refractivity contribution in [3.05, 3.63) is 68.9 Å². The SMILES string of the molecule is CN=C(NCc1ncnn1C)NCC(c1ccc(Cl)cc1)N1CCc2sccc2C1. The Morgan fingerprint density at radius 3 is 2.83 bits per heavy atom. The lowest BCUT2D eigenvalue weighted by Crippen LogP contribution is -2.44. The van der Waals surface area contributed by atoms with E-state index in [9.17, 15) is 0 Å². The van der Waals surface area contributed by atoms with Crippen LogP contribution in [0.1, 0.15) is 27.9 Å². The highest BCUT2D eigenvalue weighted by molar-refractivity contribution is 7.10. The van der Waals surface area contributed by atoms with Crippen molar-refractivity contribution in [2.24, 2.45) is 12.0 Å². The predicted octanol–water partition coefficient (Wildman–Crippen LogP) is 2.99. The number of aliphatic imine (C=N–C) groups is 1. The first kappa shape index (κ1) is 20.8. The van der Waals surface area contributed by atoms with Crippen LogP contribution in [0, 0.1) is 0 Å². The number of nitrogens with one attached hydrogen (secondary N) is 2. The molecule has 2 aromatic heterocycles. The molecule has 30 heavy (non-hydrogen) atoms. The molecule has 1 aliphatic heterocycles. The van der Waals surface area contributed by atoms with Gasteiger partial charge in [0.2, 0.25) is 0 Å². The van der Waals surface area contributed by atoms with Crippen LogP contribution in [-0.2, 0) is 26.6 Å². The lowest BCUT2D eigenvalue weighted by atomic mass is 10.0. The van der Waals surface area contributed by atoms with Crippen molar-refractivity contribution in [1.29, 1.82) is 0 Å². The Hall–Kier alpha value is -2.42. The van der Waals surface area contributed by atoms with E-state index in [1.807, 2.05) is 30.5 Å². The number of aromatic nitrogens is 3. The zero-order chi connectivity index (χ0) is 20.9. The van der Waals surface area contributed by atoms with E-state index in [-0.39, 0.29) is 6.04 Å². The van der Waals surface area contributed by atoms with Gasteiger partial charge in [-0.05, 0) is 41.1 Å². The number of thiophene rings is 1. The van der Waals surface area contributed by atoms with Gasteiger partial charge < -0.3 is 10.6 Å². The van der Waals surface area contributed by atoms with Crippen LogP contribution < -0.4 is 10.6 Å². The lowest BCUT2D eigenvalue weighted by molar-refractivity contribution is 0.181. The molecule has 0 spiro atoms. The molecule has 4 rings (SSSR count). The van der Waals surface area contributed by atoms with E-state index in [0.717, 1.165) is 42.9 Å². The minimum atomic E-state index is 0.212. The lowest BCUT2D eigenvalue weighted by Gasteiger charge is -2.35. The van der Waals surface area contributed by atoms with Crippen molar-refractivity contribution >= 4 is 28.9 Å².